The molecule has 5 nitrogen and oxygen atoms in total. The number of benzene rings is 2. The fourth-order valence-corrected chi connectivity index (χ4v) is 2.20. The molecule has 0 radical (unpaired) electrons. The molecule has 2 amide bonds. The number of rotatable bonds is 5. The predicted molar refractivity (Wildman–Crippen MR) is 92.0 cm³/mol. The quantitative estimate of drug-likeness (QED) is 0.803. The molecule has 2 aromatic rings. The van der Waals surface area contributed by atoms with Gasteiger partial charge in [-0.3, -0.25) is 9.59 Å². The first-order valence-electron chi connectivity index (χ1n) is 7.20. The Morgan fingerprint density at radius 1 is 1.16 bits per heavy atom. The van der Waals surface area contributed by atoms with E-state index in [1.807, 2.05) is 0 Å². The Kier molecular flexibility index (Phi) is 6.38. The number of para-hydroxylation sites is 1. The number of hydrogen-bond donors (Lipinski definition) is 2. The average Bonchev–Trinajstić information content (AvgIpc) is 2.58. The molecule has 0 unspecified atom stereocenters. The van der Waals surface area contributed by atoms with Crippen LogP contribution in [0.15, 0.2) is 42.5 Å². The number of amides is 2. The van der Waals surface area contributed by atoms with Crippen molar-refractivity contribution >= 4 is 23.4 Å². The van der Waals surface area contributed by atoms with Crippen molar-refractivity contribution in [1.29, 1.82) is 0 Å². The van der Waals surface area contributed by atoms with Gasteiger partial charge in [0.05, 0.1) is 22.7 Å². The third-order valence-corrected chi connectivity index (χ3v) is 3.42. The first kappa shape index (κ1) is 18.3. The molecule has 0 fully saturated rings. The number of nitrogens with one attached hydrogen (secondary N) is 1. The van der Waals surface area contributed by atoms with Gasteiger partial charge in [0.25, 0.3) is 11.8 Å². The molecule has 0 spiro atoms. The van der Waals surface area contributed by atoms with Crippen LogP contribution in [0.4, 0.5) is 4.39 Å². The summed E-state index contributed by atoms with van der Waals surface area (Å²) in [4.78, 5) is 23.1. The van der Waals surface area contributed by atoms with E-state index < -0.39 is 17.6 Å². The molecule has 0 bridgehead atoms. The summed E-state index contributed by atoms with van der Waals surface area (Å²) in [6.45, 7) is -0.00899. The highest BCUT2D eigenvalue weighted by Crippen LogP contribution is 2.18. The molecule has 0 aliphatic carbocycles. The molecule has 0 atom stereocenters. The molecule has 2 rings (SSSR count). The van der Waals surface area contributed by atoms with Crippen LogP contribution in [0.2, 0.25) is 5.02 Å². The lowest BCUT2D eigenvalue weighted by atomic mass is 10.2. The van der Waals surface area contributed by atoms with Gasteiger partial charge in [-0.25, -0.2) is 4.39 Å². The molecule has 0 aliphatic heterocycles. The Labute approximate surface area is 148 Å². The third-order valence-electron chi connectivity index (χ3n) is 3.10. The number of nitrogens with two attached hydrogens (primary N) is 1. The Bertz CT molecular complexity index is 839. The van der Waals surface area contributed by atoms with Crippen molar-refractivity contribution in [2.24, 2.45) is 5.73 Å². The van der Waals surface area contributed by atoms with Gasteiger partial charge in [-0.15, -0.1) is 0 Å². The van der Waals surface area contributed by atoms with E-state index in [-0.39, 0.29) is 29.3 Å². The monoisotopic (exact) mass is 360 g/mol. The van der Waals surface area contributed by atoms with Crippen LogP contribution in [-0.2, 0) is 0 Å². The fourth-order valence-electron chi connectivity index (χ4n) is 1.95. The zero-order valence-corrected chi connectivity index (χ0v) is 13.8. The molecule has 3 N–H and O–H groups in total. The van der Waals surface area contributed by atoms with E-state index in [0.29, 0.717) is 5.75 Å². The van der Waals surface area contributed by atoms with Gasteiger partial charge in [0, 0.05) is 0 Å². The first-order chi connectivity index (χ1) is 12.0. The second-order valence-corrected chi connectivity index (χ2v) is 5.19. The predicted octanol–water partition coefficient (Wildman–Crippen LogP) is 2.39. The molecule has 0 heterocycles. The Balaban J connectivity index is 1.86. The highest BCUT2D eigenvalue weighted by Gasteiger charge is 2.14. The van der Waals surface area contributed by atoms with Crippen molar-refractivity contribution < 1.29 is 18.7 Å². The lowest BCUT2D eigenvalue weighted by Crippen LogP contribution is -2.25. The van der Waals surface area contributed by atoms with E-state index >= 15 is 0 Å². The van der Waals surface area contributed by atoms with Crippen LogP contribution < -0.4 is 15.8 Å². The molecule has 0 saturated heterocycles. The van der Waals surface area contributed by atoms with Crippen molar-refractivity contribution in [2.75, 3.05) is 13.2 Å². The van der Waals surface area contributed by atoms with Crippen LogP contribution in [0.1, 0.15) is 20.7 Å². The van der Waals surface area contributed by atoms with Crippen molar-refractivity contribution in [3.05, 3.63) is 64.4 Å². The molecule has 25 heavy (non-hydrogen) atoms. The van der Waals surface area contributed by atoms with E-state index in [1.165, 1.54) is 12.1 Å². The summed E-state index contributed by atoms with van der Waals surface area (Å²) in [5, 5.41) is 2.47. The maximum absolute atomic E-state index is 13.6. The molecule has 128 valence electrons. The van der Waals surface area contributed by atoms with Gasteiger partial charge in [-0.2, -0.15) is 0 Å². The van der Waals surface area contributed by atoms with E-state index in [9.17, 15) is 14.0 Å². The largest absolute Gasteiger partial charge is 0.480 e. The van der Waals surface area contributed by atoms with Gasteiger partial charge >= 0.3 is 0 Å². The van der Waals surface area contributed by atoms with Crippen LogP contribution in [0.25, 0.3) is 0 Å². The molecule has 0 saturated carbocycles. The highest BCUT2D eigenvalue weighted by molar-refractivity contribution is 6.33. The van der Waals surface area contributed by atoms with E-state index in [0.717, 1.165) is 6.07 Å². The van der Waals surface area contributed by atoms with Crippen LogP contribution in [0.5, 0.6) is 5.75 Å². The smallest absolute Gasteiger partial charge is 0.256 e. The number of ether oxygens (including phenoxy) is 1. The first-order valence-corrected chi connectivity index (χ1v) is 7.58. The maximum Gasteiger partial charge on any atom is 0.256 e. The second kappa shape index (κ2) is 8.71. The second-order valence-electron chi connectivity index (χ2n) is 4.78. The van der Waals surface area contributed by atoms with Gasteiger partial charge in [0.15, 0.2) is 0 Å². The lowest BCUT2D eigenvalue weighted by molar-refractivity contribution is 0.0953. The Morgan fingerprint density at radius 2 is 1.92 bits per heavy atom. The summed E-state index contributed by atoms with van der Waals surface area (Å²) >= 11 is 5.80. The normalized spacial score (nSPS) is 9.68. The van der Waals surface area contributed by atoms with Crippen LogP contribution >= 0.6 is 11.6 Å². The minimum Gasteiger partial charge on any atom is -0.480 e. The summed E-state index contributed by atoms with van der Waals surface area (Å²) in [5.74, 6) is 3.69. The molecule has 2 aromatic carbocycles. The van der Waals surface area contributed by atoms with Gasteiger partial charge in [0.2, 0.25) is 0 Å². The summed E-state index contributed by atoms with van der Waals surface area (Å²) in [5.41, 5.74) is 5.27. The van der Waals surface area contributed by atoms with Gasteiger partial charge in [-0.1, -0.05) is 41.6 Å². The molecular formula is C18H14ClFN2O3. The van der Waals surface area contributed by atoms with Crippen molar-refractivity contribution in [3.63, 3.8) is 0 Å². The van der Waals surface area contributed by atoms with Gasteiger partial charge < -0.3 is 15.8 Å². The number of halogens is 2. The van der Waals surface area contributed by atoms with Crippen LogP contribution in [0, 0.1) is 17.7 Å². The van der Waals surface area contributed by atoms with E-state index in [1.54, 1.807) is 24.3 Å². The van der Waals surface area contributed by atoms with Crippen LogP contribution in [-0.4, -0.2) is 25.0 Å². The van der Waals surface area contributed by atoms with Crippen molar-refractivity contribution in [1.82, 2.24) is 5.32 Å². The van der Waals surface area contributed by atoms with Crippen LogP contribution in [0.3, 0.4) is 0 Å². The topological polar surface area (TPSA) is 81.4 Å². The SMILES string of the molecule is NC(=O)c1ccccc1OCC#CCNC(=O)c1c(F)cccc1Cl. The molecule has 0 aromatic heterocycles. The minimum atomic E-state index is -0.704. The zero-order valence-electron chi connectivity index (χ0n) is 13.0. The van der Waals surface area contributed by atoms with Gasteiger partial charge in [0.1, 0.15) is 18.2 Å². The lowest BCUT2D eigenvalue weighted by Gasteiger charge is -2.06. The number of primary amides is 1. The summed E-state index contributed by atoms with van der Waals surface area (Å²) in [7, 11) is 0. The van der Waals surface area contributed by atoms with E-state index in [4.69, 9.17) is 22.1 Å². The van der Waals surface area contributed by atoms with Crippen molar-refractivity contribution in [3.8, 4) is 17.6 Å². The number of carbonyl (C=O) groups is 2. The fraction of sp³-hybridized carbons (Fsp3) is 0.111. The average molecular weight is 361 g/mol. The highest BCUT2D eigenvalue weighted by atomic mass is 35.5. The third kappa shape index (κ3) is 4.96. The minimum absolute atomic E-state index is 0.000613. The standard InChI is InChI=1S/C18H14ClFN2O3/c19-13-7-5-8-14(20)16(13)18(24)22-10-3-4-11-25-15-9-2-1-6-12(15)17(21)23/h1-2,5-9H,10-11H2,(H2,21,23)(H,22,24). The zero-order chi connectivity index (χ0) is 18.2. The number of hydrogen-bond acceptors (Lipinski definition) is 3. The summed E-state index contributed by atoms with van der Waals surface area (Å²) < 4.78 is 18.9. The molecule has 0 aliphatic rings. The van der Waals surface area contributed by atoms with E-state index in [2.05, 4.69) is 17.2 Å². The molecule has 7 heteroatoms. The maximum atomic E-state index is 13.6. The Hall–Kier alpha value is -3.04. The number of carbonyl (C=O) groups excluding carboxylic acids is 2. The Morgan fingerprint density at radius 3 is 2.64 bits per heavy atom. The van der Waals surface area contributed by atoms with Crippen molar-refractivity contribution in [2.45, 2.75) is 0 Å². The summed E-state index contributed by atoms with van der Waals surface area (Å²) in [6, 6.07) is 10.5. The summed E-state index contributed by atoms with van der Waals surface area (Å²) in [6.07, 6.45) is 0. The van der Waals surface area contributed by atoms with Gasteiger partial charge in [-0.05, 0) is 24.3 Å². The molecular weight excluding hydrogens is 347 g/mol.